The minimum Gasteiger partial charge on any atom is -0.311 e. The van der Waals surface area contributed by atoms with Crippen LogP contribution in [0.5, 0.6) is 0 Å². The summed E-state index contributed by atoms with van der Waals surface area (Å²) in [5, 5.41) is 3.60. The Morgan fingerprint density at radius 3 is 2.67 bits per heavy atom. The van der Waals surface area contributed by atoms with Gasteiger partial charge in [0.2, 0.25) is 0 Å². The number of hydrogen-bond donors (Lipinski definition) is 1. The molecule has 2 fully saturated rings. The molecule has 0 amide bonds. The quantitative estimate of drug-likeness (QED) is 0.921. The van der Waals surface area contributed by atoms with Gasteiger partial charge in [0.1, 0.15) is 0 Å². The van der Waals surface area contributed by atoms with Crippen LogP contribution in [0, 0.1) is 0 Å². The normalized spacial score (nSPS) is 33.1. The highest BCUT2D eigenvalue weighted by Gasteiger charge is 2.38. The second-order valence-electron chi connectivity index (χ2n) is 6.19. The summed E-state index contributed by atoms with van der Waals surface area (Å²) in [6.07, 6.45) is 1.86. The Labute approximate surface area is 127 Å². The molecule has 0 saturated carbocycles. The molecule has 21 heavy (non-hydrogen) atoms. The van der Waals surface area contributed by atoms with Crippen LogP contribution in [-0.2, 0) is 9.84 Å². The Kier molecular flexibility index (Phi) is 4.33. The van der Waals surface area contributed by atoms with Gasteiger partial charge in [-0.05, 0) is 18.4 Å². The van der Waals surface area contributed by atoms with Gasteiger partial charge >= 0.3 is 0 Å². The number of nitrogens with one attached hydrogen (secondary N) is 1. The summed E-state index contributed by atoms with van der Waals surface area (Å²) in [6.45, 7) is 4.03. The highest BCUT2D eigenvalue weighted by atomic mass is 32.2. The van der Waals surface area contributed by atoms with Crippen LogP contribution in [0.1, 0.15) is 31.4 Å². The van der Waals surface area contributed by atoms with Crippen LogP contribution < -0.4 is 5.32 Å². The minimum absolute atomic E-state index is 0.177. The first-order valence-electron chi connectivity index (χ1n) is 7.83. The van der Waals surface area contributed by atoms with Gasteiger partial charge in [0.05, 0.1) is 11.5 Å². The molecule has 3 rings (SSSR count). The summed E-state index contributed by atoms with van der Waals surface area (Å²) in [5.41, 5.74) is 1.28. The monoisotopic (exact) mass is 308 g/mol. The van der Waals surface area contributed by atoms with E-state index in [2.05, 4.69) is 41.4 Å². The molecule has 1 aromatic carbocycles. The van der Waals surface area contributed by atoms with Crippen molar-refractivity contribution in [2.45, 2.75) is 37.9 Å². The van der Waals surface area contributed by atoms with Gasteiger partial charge in [0.15, 0.2) is 9.84 Å². The molecule has 0 spiro atoms. The third kappa shape index (κ3) is 3.30. The van der Waals surface area contributed by atoms with E-state index >= 15 is 0 Å². The number of piperazine rings is 1. The molecule has 0 bridgehead atoms. The van der Waals surface area contributed by atoms with Crippen LogP contribution in [0.25, 0.3) is 0 Å². The van der Waals surface area contributed by atoms with E-state index in [0.29, 0.717) is 17.5 Å². The van der Waals surface area contributed by atoms with Gasteiger partial charge in [-0.1, -0.05) is 37.3 Å². The topological polar surface area (TPSA) is 49.4 Å². The van der Waals surface area contributed by atoms with Crippen LogP contribution in [0.2, 0.25) is 0 Å². The van der Waals surface area contributed by atoms with Crippen molar-refractivity contribution in [2.75, 3.05) is 24.6 Å². The summed E-state index contributed by atoms with van der Waals surface area (Å²) >= 11 is 0. The molecule has 2 aliphatic heterocycles. The van der Waals surface area contributed by atoms with Crippen molar-refractivity contribution in [1.82, 2.24) is 10.2 Å². The lowest BCUT2D eigenvalue weighted by Crippen LogP contribution is -2.55. The maximum atomic E-state index is 11.8. The third-order valence-corrected chi connectivity index (χ3v) is 6.54. The Morgan fingerprint density at radius 2 is 2.05 bits per heavy atom. The lowest BCUT2D eigenvalue weighted by molar-refractivity contribution is 0.0903. The number of hydrogen-bond acceptors (Lipinski definition) is 4. The number of nitrogens with zero attached hydrogens (tertiary/aromatic N) is 1. The summed E-state index contributed by atoms with van der Waals surface area (Å²) < 4.78 is 23.7. The number of rotatable bonds is 3. The van der Waals surface area contributed by atoms with Crippen molar-refractivity contribution < 1.29 is 8.42 Å². The number of sulfone groups is 1. The predicted molar refractivity (Wildman–Crippen MR) is 85.0 cm³/mol. The predicted octanol–water partition coefficient (Wildman–Crippen LogP) is 1.60. The van der Waals surface area contributed by atoms with Gasteiger partial charge < -0.3 is 5.32 Å². The fourth-order valence-corrected chi connectivity index (χ4v) is 5.28. The van der Waals surface area contributed by atoms with Crippen molar-refractivity contribution >= 4 is 9.84 Å². The maximum absolute atomic E-state index is 11.8. The average Bonchev–Trinajstić information content (AvgIpc) is 2.87. The number of benzene rings is 1. The zero-order chi connectivity index (χ0) is 14.9. The summed E-state index contributed by atoms with van der Waals surface area (Å²) in [7, 11) is -2.84. The van der Waals surface area contributed by atoms with Crippen molar-refractivity contribution in [3.63, 3.8) is 0 Å². The molecule has 2 aliphatic rings. The van der Waals surface area contributed by atoms with E-state index < -0.39 is 9.84 Å². The first-order chi connectivity index (χ1) is 10.1. The molecule has 4 nitrogen and oxygen atoms in total. The molecule has 116 valence electrons. The van der Waals surface area contributed by atoms with Crippen molar-refractivity contribution in [3.8, 4) is 0 Å². The van der Waals surface area contributed by atoms with Crippen LogP contribution >= 0.6 is 0 Å². The van der Waals surface area contributed by atoms with Crippen molar-refractivity contribution in [1.29, 1.82) is 0 Å². The van der Waals surface area contributed by atoms with Crippen LogP contribution in [0.4, 0.5) is 0 Å². The van der Waals surface area contributed by atoms with E-state index in [0.717, 1.165) is 25.9 Å². The van der Waals surface area contributed by atoms with E-state index in [9.17, 15) is 8.42 Å². The zero-order valence-electron chi connectivity index (χ0n) is 12.5. The maximum Gasteiger partial charge on any atom is 0.151 e. The lowest BCUT2D eigenvalue weighted by Gasteiger charge is -2.43. The smallest absolute Gasteiger partial charge is 0.151 e. The molecule has 3 atom stereocenters. The molecule has 5 heteroatoms. The molecule has 0 radical (unpaired) electrons. The first kappa shape index (κ1) is 15.0. The molecule has 3 unspecified atom stereocenters. The van der Waals surface area contributed by atoms with Gasteiger partial charge in [-0.2, -0.15) is 0 Å². The summed E-state index contributed by atoms with van der Waals surface area (Å²) in [5.74, 6) is 0.673. The highest BCUT2D eigenvalue weighted by Crippen LogP contribution is 2.30. The van der Waals surface area contributed by atoms with Crippen LogP contribution in [-0.4, -0.2) is 50.0 Å². The average molecular weight is 308 g/mol. The lowest BCUT2D eigenvalue weighted by atomic mass is 9.97. The summed E-state index contributed by atoms with van der Waals surface area (Å²) in [4.78, 5) is 2.44. The fraction of sp³-hybridized carbons (Fsp3) is 0.625. The fourth-order valence-electron chi connectivity index (χ4n) is 3.54. The molecular formula is C16H24N2O2S. The van der Waals surface area contributed by atoms with E-state index in [4.69, 9.17) is 0 Å². The minimum atomic E-state index is -2.84. The van der Waals surface area contributed by atoms with E-state index in [1.165, 1.54) is 5.56 Å². The molecule has 2 heterocycles. The first-order valence-corrected chi connectivity index (χ1v) is 9.65. The molecule has 2 saturated heterocycles. The SMILES string of the molecule is CCC1CN(C2CCS(=O)(=O)C2)C(c2ccccc2)CN1. The summed E-state index contributed by atoms with van der Waals surface area (Å²) in [6, 6.07) is 11.4. The molecular weight excluding hydrogens is 284 g/mol. The van der Waals surface area contributed by atoms with Crippen molar-refractivity contribution in [2.24, 2.45) is 0 Å². The van der Waals surface area contributed by atoms with Crippen LogP contribution in [0.15, 0.2) is 30.3 Å². The highest BCUT2D eigenvalue weighted by molar-refractivity contribution is 7.91. The second-order valence-corrected chi connectivity index (χ2v) is 8.42. The van der Waals surface area contributed by atoms with Gasteiger partial charge in [-0.15, -0.1) is 0 Å². The molecule has 1 N–H and O–H groups in total. The Bertz CT molecular complexity index is 573. The molecule has 0 aliphatic carbocycles. The van der Waals surface area contributed by atoms with Crippen LogP contribution in [0.3, 0.4) is 0 Å². The molecule has 0 aromatic heterocycles. The zero-order valence-corrected chi connectivity index (χ0v) is 13.3. The third-order valence-electron chi connectivity index (χ3n) is 4.79. The Morgan fingerprint density at radius 1 is 1.29 bits per heavy atom. The largest absolute Gasteiger partial charge is 0.311 e. The Balaban J connectivity index is 1.84. The van der Waals surface area contributed by atoms with Gasteiger partial charge in [0, 0.05) is 31.2 Å². The Hall–Kier alpha value is -0.910. The second kappa shape index (κ2) is 6.07. The van der Waals surface area contributed by atoms with Gasteiger partial charge in [-0.25, -0.2) is 8.42 Å². The molecule has 1 aromatic rings. The van der Waals surface area contributed by atoms with Crippen molar-refractivity contribution in [3.05, 3.63) is 35.9 Å². The van der Waals surface area contributed by atoms with Gasteiger partial charge in [0.25, 0.3) is 0 Å². The van der Waals surface area contributed by atoms with Gasteiger partial charge in [-0.3, -0.25) is 4.90 Å². The van der Waals surface area contributed by atoms with E-state index in [1.807, 2.05) is 6.07 Å². The van der Waals surface area contributed by atoms with E-state index in [-0.39, 0.29) is 12.1 Å². The standard InChI is InChI=1S/C16H24N2O2S/c1-2-14-11-18(15-8-9-21(19,20)12-15)16(10-17-14)13-6-4-3-5-7-13/h3-7,14-17H,2,8-12H2,1H3. The van der Waals surface area contributed by atoms with E-state index in [1.54, 1.807) is 0 Å².